The van der Waals surface area contributed by atoms with Gasteiger partial charge in [0.1, 0.15) is 0 Å². The number of thiophene rings is 1. The maximum atomic E-state index is 11.7. The zero-order chi connectivity index (χ0) is 18.4. The van der Waals surface area contributed by atoms with E-state index in [4.69, 9.17) is 20.9 Å². The first-order valence-corrected chi connectivity index (χ1v) is 8.93. The molecule has 0 unspecified atom stereocenters. The van der Waals surface area contributed by atoms with Crippen LogP contribution in [0.3, 0.4) is 0 Å². The summed E-state index contributed by atoms with van der Waals surface area (Å²) in [5.74, 6) is -0.109. The first kappa shape index (κ1) is 18.1. The third-order valence-electron chi connectivity index (χ3n) is 3.29. The summed E-state index contributed by atoms with van der Waals surface area (Å²) in [6, 6.07) is 10.5. The number of nitrogens with one attached hydrogen (secondary N) is 1. The van der Waals surface area contributed by atoms with E-state index < -0.39 is 5.97 Å². The van der Waals surface area contributed by atoms with E-state index in [9.17, 15) is 9.59 Å². The van der Waals surface area contributed by atoms with Crippen LogP contribution in [0.2, 0.25) is 5.02 Å². The number of aromatic nitrogens is 2. The van der Waals surface area contributed by atoms with Crippen molar-refractivity contribution in [3.8, 4) is 11.4 Å². The first-order valence-electron chi connectivity index (χ1n) is 7.67. The van der Waals surface area contributed by atoms with Crippen LogP contribution < -0.4 is 5.32 Å². The number of esters is 1. The third-order valence-corrected chi connectivity index (χ3v) is 4.41. The molecule has 0 atom stereocenters. The maximum absolute atomic E-state index is 11.7. The van der Waals surface area contributed by atoms with Crippen LogP contribution in [-0.4, -0.2) is 28.6 Å². The normalized spacial score (nSPS) is 10.5. The summed E-state index contributed by atoms with van der Waals surface area (Å²) in [5.41, 5.74) is 0.743. The average Bonchev–Trinajstić information content (AvgIpc) is 3.32. The smallest absolute Gasteiger partial charge is 0.308 e. The van der Waals surface area contributed by atoms with Crippen molar-refractivity contribution in [1.82, 2.24) is 15.5 Å². The molecule has 1 aromatic carbocycles. The molecular weight excluding hydrogens is 378 g/mol. The maximum Gasteiger partial charge on any atom is 0.308 e. The second-order valence-electron chi connectivity index (χ2n) is 5.16. The van der Waals surface area contributed by atoms with Crippen molar-refractivity contribution in [3.05, 3.63) is 57.6 Å². The number of hydrogen-bond donors (Lipinski definition) is 1. The van der Waals surface area contributed by atoms with Gasteiger partial charge in [0.2, 0.25) is 5.82 Å². The Kier molecular flexibility index (Phi) is 5.98. The van der Waals surface area contributed by atoms with Crippen molar-refractivity contribution in [1.29, 1.82) is 0 Å². The number of carbonyl (C=O) groups excluding carboxylic acids is 2. The minimum Gasteiger partial charge on any atom is -0.456 e. The predicted octanol–water partition coefficient (Wildman–Crippen LogP) is 3.31. The Hall–Kier alpha value is -2.71. The molecule has 7 nitrogen and oxygen atoms in total. The molecule has 3 rings (SSSR count). The molecule has 1 amide bonds. The molecular formula is C17H14ClN3O4S. The molecule has 0 radical (unpaired) electrons. The number of ether oxygens (including phenoxy) is 1. The number of carbonyl (C=O) groups is 2. The highest BCUT2D eigenvalue weighted by Gasteiger charge is 2.12. The van der Waals surface area contributed by atoms with Crippen LogP contribution in [-0.2, 0) is 16.1 Å². The van der Waals surface area contributed by atoms with E-state index in [2.05, 4.69) is 15.5 Å². The van der Waals surface area contributed by atoms with Crippen molar-refractivity contribution >= 4 is 34.8 Å². The Morgan fingerprint density at radius 1 is 1.23 bits per heavy atom. The number of nitrogens with zero attached hydrogens (tertiary/aromatic N) is 2. The molecule has 0 spiro atoms. The minimum atomic E-state index is -0.470. The highest BCUT2D eigenvalue weighted by molar-refractivity contribution is 7.12. The van der Waals surface area contributed by atoms with Crippen LogP contribution >= 0.6 is 22.9 Å². The molecule has 0 aliphatic rings. The topological polar surface area (TPSA) is 94.3 Å². The fourth-order valence-corrected chi connectivity index (χ4v) is 2.78. The van der Waals surface area contributed by atoms with Crippen LogP contribution in [0.15, 0.2) is 46.3 Å². The van der Waals surface area contributed by atoms with Gasteiger partial charge in [0, 0.05) is 17.1 Å². The second-order valence-corrected chi connectivity index (χ2v) is 6.55. The standard InChI is InChI=1S/C17H14ClN3O4S/c18-12-5-3-11(4-6-12)16-20-14(25-21-16)10-24-15(22)7-8-19-17(23)13-2-1-9-26-13/h1-6,9H,7-8,10H2,(H,19,23). The van der Waals surface area contributed by atoms with Crippen LogP contribution in [0, 0.1) is 0 Å². The highest BCUT2D eigenvalue weighted by Crippen LogP contribution is 2.18. The van der Waals surface area contributed by atoms with Gasteiger partial charge in [-0.15, -0.1) is 11.3 Å². The Bertz CT molecular complexity index is 878. The van der Waals surface area contributed by atoms with Gasteiger partial charge in [-0.25, -0.2) is 0 Å². The van der Waals surface area contributed by atoms with E-state index in [1.165, 1.54) is 11.3 Å². The van der Waals surface area contributed by atoms with Gasteiger partial charge in [-0.2, -0.15) is 4.98 Å². The van der Waals surface area contributed by atoms with Crippen LogP contribution in [0.4, 0.5) is 0 Å². The highest BCUT2D eigenvalue weighted by atomic mass is 35.5. The van der Waals surface area contributed by atoms with Crippen molar-refractivity contribution in [2.75, 3.05) is 6.54 Å². The molecule has 0 aliphatic carbocycles. The lowest BCUT2D eigenvalue weighted by atomic mass is 10.2. The van der Waals surface area contributed by atoms with Crippen LogP contribution in [0.1, 0.15) is 22.0 Å². The molecule has 0 aliphatic heterocycles. The van der Waals surface area contributed by atoms with E-state index >= 15 is 0 Å². The fourth-order valence-electron chi connectivity index (χ4n) is 2.02. The molecule has 2 heterocycles. The summed E-state index contributed by atoms with van der Waals surface area (Å²) in [6.45, 7) is 0.0632. The third kappa shape index (κ3) is 4.90. The average molecular weight is 392 g/mol. The molecule has 26 heavy (non-hydrogen) atoms. The number of hydrogen-bond acceptors (Lipinski definition) is 7. The minimum absolute atomic E-state index is 0.0509. The quantitative estimate of drug-likeness (QED) is 0.621. The predicted molar refractivity (Wildman–Crippen MR) is 95.8 cm³/mol. The van der Waals surface area contributed by atoms with Crippen molar-refractivity contribution < 1.29 is 18.8 Å². The number of amides is 1. The molecule has 134 valence electrons. The van der Waals surface area contributed by atoms with Crippen molar-refractivity contribution in [2.45, 2.75) is 13.0 Å². The van der Waals surface area contributed by atoms with Gasteiger partial charge in [0.05, 0.1) is 11.3 Å². The molecule has 1 N–H and O–H groups in total. The zero-order valence-corrected chi connectivity index (χ0v) is 15.0. The molecule has 0 saturated heterocycles. The van der Waals surface area contributed by atoms with Gasteiger partial charge in [0.15, 0.2) is 6.61 Å². The first-order chi connectivity index (χ1) is 12.6. The number of halogens is 1. The summed E-state index contributed by atoms with van der Waals surface area (Å²) < 4.78 is 10.1. The summed E-state index contributed by atoms with van der Waals surface area (Å²) in [6.07, 6.45) is 0.0509. The Morgan fingerprint density at radius 2 is 2.04 bits per heavy atom. The van der Waals surface area contributed by atoms with Gasteiger partial charge in [-0.3, -0.25) is 9.59 Å². The lowest BCUT2D eigenvalue weighted by Crippen LogP contribution is -2.25. The lowest BCUT2D eigenvalue weighted by Gasteiger charge is -2.03. The van der Waals surface area contributed by atoms with Crippen molar-refractivity contribution in [3.63, 3.8) is 0 Å². The molecule has 9 heteroatoms. The fraction of sp³-hybridized carbons (Fsp3) is 0.176. The van der Waals surface area contributed by atoms with Gasteiger partial charge in [-0.05, 0) is 35.7 Å². The largest absolute Gasteiger partial charge is 0.456 e. The van der Waals surface area contributed by atoms with Crippen LogP contribution in [0.5, 0.6) is 0 Å². The molecule has 2 aromatic heterocycles. The molecule has 0 saturated carbocycles. The number of rotatable bonds is 7. The SMILES string of the molecule is O=C(CCNC(=O)c1cccs1)OCc1nc(-c2ccc(Cl)cc2)no1. The molecule has 0 fully saturated rings. The Morgan fingerprint density at radius 3 is 2.77 bits per heavy atom. The number of benzene rings is 1. The van der Waals surface area contributed by atoms with E-state index in [-0.39, 0.29) is 31.4 Å². The van der Waals surface area contributed by atoms with E-state index in [1.54, 1.807) is 36.4 Å². The van der Waals surface area contributed by atoms with E-state index in [1.807, 2.05) is 5.38 Å². The zero-order valence-electron chi connectivity index (χ0n) is 13.5. The Labute approximate surface area is 157 Å². The summed E-state index contributed by atoms with van der Waals surface area (Å²) in [7, 11) is 0. The van der Waals surface area contributed by atoms with Gasteiger partial charge in [-0.1, -0.05) is 22.8 Å². The van der Waals surface area contributed by atoms with Crippen LogP contribution in [0.25, 0.3) is 11.4 Å². The van der Waals surface area contributed by atoms with Gasteiger partial charge < -0.3 is 14.6 Å². The van der Waals surface area contributed by atoms with E-state index in [0.717, 1.165) is 5.56 Å². The molecule has 3 aromatic rings. The van der Waals surface area contributed by atoms with Crippen molar-refractivity contribution in [2.24, 2.45) is 0 Å². The van der Waals surface area contributed by atoms with E-state index in [0.29, 0.717) is 15.7 Å². The van der Waals surface area contributed by atoms with Gasteiger partial charge in [0.25, 0.3) is 11.8 Å². The Balaban J connectivity index is 1.42. The molecule has 0 bridgehead atoms. The van der Waals surface area contributed by atoms with Gasteiger partial charge >= 0.3 is 5.97 Å². The monoisotopic (exact) mass is 391 g/mol. The second kappa shape index (κ2) is 8.59. The summed E-state index contributed by atoms with van der Waals surface area (Å²) >= 11 is 7.17. The summed E-state index contributed by atoms with van der Waals surface area (Å²) in [4.78, 5) is 28.2. The summed E-state index contributed by atoms with van der Waals surface area (Å²) in [5, 5.41) is 8.90. The lowest BCUT2D eigenvalue weighted by molar-refractivity contribution is -0.145.